The first-order valence-electron chi connectivity index (χ1n) is 9.16. The van der Waals surface area contributed by atoms with Gasteiger partial charge >= 0.3 is 0 Å². The van der Waals surface area contributed by atoms with E-state index in [0.29, 0.717) is 0 Å². The van der Waals surface area contributed by atoms with E-state index in [1.165, 1.54) is 6.42 Å². The van der Waals surface area contributed by atoms with E-state index >= 15 is 0 Å². The number of aryl methyl sites for hydroxylation is 3. The highest BCUT2D eigenvalue weighted by molar-refractivity contribution is 5.48. The van der Waals surface area contributed by atoms with Crippen LogP contribution in [-0.4, -0.2) is 25.4 Å². The number of nitrogens with zero attached hydrogens (tertiary/aromatic N) is 5. The van der Waals surface area contributed by atoms with Crippen molar-refractivity contribution >= 4 is 5.82 Å². The zero-order valence-electron chi connectivity index (χ0n) is 15.5. The third-order valence-electron chi connectivity index (χ3n) is 5.25. The zero-order valence-corrected chi connectivity index (χ0v) is 15.5. The second kappa shape index (κ2) is 7.50. The Morgan fingerprint density at radius 1 is 1.07 bits per heavy atom. The van der Waals surface area contributed by atoms with Crippen molar-refractivity contribution in [3.63, 3.8) is 0 Å². The fourth-order valence-electron chi connectivity index (χ4n) is 4.01. The first-order chi connectivity index (χ1) is 12.6. The number of anilines is 1. The maximum Gasteiger partial charge on any atom is 0.182 e. The largest absolute Gasteiger partial charge is 0.360 e. The third kappa shape index (κ3) is 3.46. The van der Waals surface area contributed by atoms with E-state index < -0.39 is 0 Å². The Morgan fingerprint density at radius 3 is 2.41 bits per heavy atom. The van der Waals surface area contributed by atoms with Crippen LogP contribution in [0.15, 0.2) is 28.8 Å². The molecular weight excluding hydrogens is 340 g/mol. The number of tetrazole rings is 1. The second-order valence-electron chi connectivity index (χ2n) is 7.25. The average Bonchev–Trinajstić information content (AvgIpc) is 3.25. The molecule has 0 atom stereocenters. The smallest absolute Gasteiger partial charge is 0.182 e. The molecule has 1 N–H and O–H groups in total. The van der Waals surface area contributed by atoms with Crippen molar-refractivity contribution in [3.05, 3.63) is 47.0 Å². The summed E-state index contributed by atoms with van der Waals surface area (Å²) in [6.07, 6.45) is 5.41. The minimum Gasteiger partial charge on any atom is -0.360 e. The molecule has 2 aromatic heterocycles. The molecule has 1 aliphatic rings. The van der Waals surface area contributed by atoms with Crippen LogP contribution in [0, 0.1) is 20.8 Å². The summed E-state index contributed by atoms with van der Waals surface area (Å²) < 4.78 is 7.15. The summed E-state index contributed by atoms with van der Waals surface area (Å²) in [6, 6.07) is 8.17. The Bertz CT molecular complexity index is 887. The van der Waals surface area contributed by atoms with E-state index in [2.05, 4.69) is 58.0 Å². The second-order valence-corrected chi connectivity index (χ2v) is 7.25. The molecule has 0 saturated heterocycles. The fraction of sp³-hybridized carbons (Fsp3) is 0.500. The summed E-state index contributed by atoms with van der Waals surface area (Å²) in [4.78, 5) is 0. The van der Waals surface area contributed by atoms with Crippen LogP contribution < -0.4 is 5.32 Å². The molecule has 1 aliphatic carbocycles. The molecule has 144 valence electrons. The molecule has 0 unspecified atom stereocenters. The molecule has 1 saturated carbocycles. The first kappa shape index (κ1) is 19.1. The Morgan fingerprint density at radius 2 is 1.78 bits per heavy atom. The van der Waals surface area contributed by atoms with Crippen LogP contribution in [-0.2, 0) is 5.54 Å². The standard InChI is InChI=1S/C19H24N6O.CH4/c1-13-8-7-9-14(2)17(13)25-18(21-23-24-25)19(10-5-4-6-11-19)20-16-12-15(3)26-22-16;/h7-9,12H,4-6,10-11H2,1-3H3,(H,20,22);1H4. The van der Waals surface area contributed by atoms with E-state index in [1.807, 2.05) is 17.7 Å². The van der Waals surface area contributed by atoms with Crippen molar-refractivity contribution in [1.82, 2.24) is 25.4 Å². The number of nitrogens with one attached hydrogen (secondary N) is 1. The van der Waals surface area contributed by atoms with Crippen LogP contribution in [0.3, 0.4) is 0 Å². The van der Waals surface area contributed by atoms with Gasteiger partial charge in [0.2, 0.25) is 0 Å². The van der Waals surface area contributed by atoms with E-state index in [1.54, 1.807) is 0 Å². The number of aromatic nitrogens is 5. The molecule has 2 heterocycles. The lowest BCUT2D eigenvalue weighted by molar-refractivity contribution is 0.306. The van der Waals surface area contributed by atoms with Gasteiger partial charge in [0.15, 0.2) is 11.6 Å². The van der Waals surface area contributed by atoms with Crippen molar-refractivity contribution in [1.29, 1.82) is 0 Å². The van der Waals surface area contributed by atoms with Crippen molar-refractivity contribution in [2.24, 2.45) is 0 Å². The van der Waals surface area contributed by atoms with E-state index in [9.17, 15) is 0 Å². The highest BCUT2D eigenvalue weighted by Crippen LogP contribution is 2.40. The maximum atomic E-state index is 5.25. The summed E-state index contributed by atoms with van der Waals surface area (Å²) in [6.45, 7) is 6.08. The Kier molecular flexibility index (Phi) is 5.30. The van der Waals surface area contributed by atoms with Crippen LogP contribution in [0.2, 0.25) is 0 Å². The van der Waals surface area contributed by atoms with Gasteiger partial charge in [-0.15, -0.1) is 5.10 Å². The van der Waals surface area contributed by atoms with Crippen molar-refractivity contribution in [2.75, 3.05) is 5.32 Å². The maximum absolute atomic E-state index is 5.25. The predicted molar refractivity (Wildman–Crippen MR) is 105 cm³/mol. The highest BCUT2D eigenvalue weighted by atomic mass is 16.5. The molecule has 3 aromatic rings. The predicted octanol–water partition coefficient (Wildman–Crippen LogP) is 4.48. The van der Waals surface area contributed by atoms with Gasteiger partial charge in [0.05, 0.1) is 5.69 Å². The summed E-state index contributed by atoms with van der Waals surface area (Å²) in [5, 5.41) is 20.6. The van der Waals surface area contributed by atoms with Crippen LogP contribution in [0.25, 0.3) is 5.69 Å². The quantitative estimate of drug-likeness (QED) is 0.731. The van der Waals surface area contributed by atoms with Crippen LogP contribution in [0.1, 0.15) is 62.2 Å². The minimum atomic E-state index is -0.347. The molecule has 0 radical (unpaired) electrons. The Balaban J connectivity index is 0.00000210. The van der Waals surface area contributed by atoms with E-state index in [4.69, 9.17) is 4.52 Å². The molecule has 7 nitrogen and oxygen atoms in total. The molecule has 0 amide bonds. The number of para-hydroxylation sites is 1. The third-order valence-corrected chi connectivity index (χ3v) is 5.25. The summed E-state index contributed by atoms with van der Waals surface area (Å²) in [5.41, 5.74) is 3.01. The van der Waals surface area contributed by atoms with Crippen molar-refractivity contribution in [3.8, 4) is 5.69 Å². The molecule has 1 aromatic carbocycles. The first-order valence-corrected chi connectivity index (χ1v) is 9.16. The van der Waals surface area contributed by atoms with Gasteiger partial charge in [0.25, 0.3) is 0 Å². The molecule has 0 aliphatic heterocycles. The molecule has 27 heavy (non-hydrogen) atoms. The highest BCUT2D eigenvalue weighted by Gasteiger charge is 2.40. The number of rotatable bonds is 4. The average molecular weight is 368 g/mol. The Hall–Kier alpha value is -2.70. The lowest BCUT2D eigenvalue weighted by atomic mass is 9.80. The number of benzene rings is 1. The van der Waals surface area contributed by atoms with E-state index in [0.717, 1.165) is 59.9 Å². The summed E-state index contributed by atoms with van der Waals surface area (Å²) in [5.74, 6) is 2.36. The lowest BCUT2D eigenvalue weighted by Crippen LogP contribution is -2.40. The van der Waals surface area contributed by atoms with Gasteiger partial charge < -0.3 is 9.84 Å². The number of hydrogen-bond donors (Lipinski definition) is 1. The monoisotopic (exact) mass is 368 g/mol. The van der Waals surface area contributed by atoms with Gasteiger partial charge in [-0.25, -0.2) is 0 Å². The minimum absolute atomic E-state index is 0. The zero-order chi connectivity index (χ0) is 18.1. The van der Waals surface area contributed by atoms with Crippen LogP contribution >= 0.6 is 0 Å². The van der Waals surface area contributed by atoms with Crippen LogP contribution in [0.5, 0.6) is 0 Å². The summed E-state index contributed by atoms with van der Waals surface area (Å²) in [7, 11) is 0. The lowest BCUT2D eigenvalue weighted by Gasteiger charge is -2.36. The van der Waals surface area contributed by atoms with Crippen LogP contribution in [0.4, 0.5) is 5.82 Å². The number of hydrogen-bond acceptors (Lipinski definition) is 6. The van der Waals surface area contributed by atoms with Crippen molar-refractivity contribution in [2.45, 2.75) is 65.8 Å². The SMILES string of the molecule is C.Cc1cc(NC2(c3nnnn3-c3c(C)cccc3C)CCCCC2)no1. The van der Waals surface area contributed by atoms with Crippen molar-refractivity contribution < 1.29 is 4.52 Å². The topological polar surface area (TPSA) is 81.7 Å². The summed E-state index contributed by atoms with van der Waals surface area (Å²) >= 11 is 0. The normalized spacial score (nSPS) is 16.0. The fourth-order valence-corrected chi connectivity index (χ4v) is 4.01. The molecule has 4 rings (SSSR count). The van der Waals surface area contributed by atoms with Gasteiger partial charge in [-0.1, -0.05) is 50.0 Å². The van der Waals surface area contributed by atoms with Gasteiger partial charge in [0, 0.05) is 6.07 Å². The Labute approximate surface area is 160 Å². The molecule has 7 heteroatoms. The van der Waals surface area contributed by atoms with Gasteiger partial charge in [0.1, 0.15) is 11.3 Å². The van der Waals surface area contributed by atoms with E-state index in [-0.39, 0.29) is 13.0 Å². The van der Waals surface area contributed by atoms with Gasteiger partial charge in [-0.3, -0.25) is 0 Å². The van der Waals surface area contributed by atoms with Gasteiger partial charge in [-0.05, 0) is 55.2 Å². The molecular formula is C20H28N6O. The molecule has 0 bridgehead atoms. The molecule has 0 spiro atoms. The molecule has 1 fully saturated rings. The van der Waals surface area contributed by atoms with Gasteiger partial charge in [-0.2, -0.15) is 4.68 Å².